The highest BCUT2D eigenvalue weighted by Crippen LogP contribution is 2.19. The Hall–Kier alpha value is -2.18. The fourth-order valence-corrected chi connectivity index (χ4v) is 0.985. The summed E-state index contributed by atoms with van der Waals surface area (Å²) in [4.78, 5) is 20.4. The number of carboxylic acids is 1. The standard InChI is InChI=1S/C8H9N3O4/c1-3-5(2)10-4-6(11(14)15)7(9-10)8(12)13/h3-5H,1H2,2H3,(H,12,13). The van der Waals surface area contributed by atoms with Gasteiger partial charge in [-0.2, -0.15) is 5.10 Å². The van der Waals surface area contributed by atoms with Crippen LogP contribution in [0.3, 0.4) is 0 Å². The quantitative estimate of drug-likeness (QED) is 0.459. The van der Waals surface area contributed by atoms with Crippen LogP contribution in [0.15, 0.2) is 18.9 Å². The Bertz CT molecular complexity index is 392. The number of aromatic carboxylic acids is 1. The third-order valence-corrected chi connectivity index (χ3v) is 1.87. The van der Waals surface area contributed by atoms with E-state index in [9.17, 15) is 14.9 Å². The number of hydrogen-bond acceptors (Lipinski definition) is 4. The molecule has 0 radical (unpaired) electrons. The molecular weight excluding hydrogens is 202 g/mol. The number of allylic oxidation sites excluding steroid dienone is 1. The molecule has 1 heterocycles. The Morgan fingerprint density at radius 3 is 2.80 bits per heavy atom. The van der Waals surface area contributed by atoms with E-state index in [1.807, 2.05) is 0 Å². The number of aromatic nitrogens is 2. The van der Waals surface area contributed by atoms with Gasteiger partial charge in [0.15, 0.2) is 0 Å². The predicted octanol–water partition coefficient (Wildman–Crippen LogP) is 1.24. The lowest BCUT2D eigenvalue weighted by Gasteiger charge is -2.03. The molecule has 0 aliphatic carbocycles. The van der Waals surface area contributed by atoms with Crippen LogP contribution in [0, 0.1) is 10.1 Å². The Balaban J connectivity index is 3.26. The molecular formula is C8H9N3O4. The van der Waals surface area contributed by atoms with Crippen LogP contribution >= 0.6 is 0 Å². The van der Waals surface area contributed by atoms with Crippen LogP contribution in [-0.2, 0) is 0 Å². The zero-order valence-electron chi connectivity index (χ0n) is 7.95. The topological polar surface area (TPSA) is 98.3 Å². The lowest BCUT2D eigenvalue weighted by molar-refractivity contribution is -0.385. The molecule has 0 bridgehead atoms. The van der Waals surface area contributed by atoms with Crippen molar-refractivity contribution in [3.8, 4) is 0 Å². The summed E-state index contributed by atoms with van der Waals surface area (Å²) in [6, 6.07) is -0.295. The van der Waals surface area contributed by atoms with Crippen molar-refractivity contribution in [2.24, 2.45) is 0 Å². The Labute approximate surface area is 84.8 Å². The van der Waals surface area contributed by atoms with Crippen LogP contribution in [0.4, 0.5) is 5.69 Å². The molecule has 0 aromatic carbocycles. The molecule has 0 amide bonds. The molecule has 15 heavy (non-hydrogen) atoms. The van der Waals surface area contributed by atoms with Gasteiger partial charge < -0.3 is 5.11 Å². The fourth-order valence-electron chi connectivity index (χ4n) is 0.985. The maximum Gasteiger partial charge on any atom is 0.363 e. The molecule has 1 aromatic rings. The van der Waals surface area contributed by atoms with Crippen LogP contribution in [0.2, 0.25) is 0 Å². The first-order valence-corrected chi connectivity index (χ1v) is 4.06. The Morgan fingerprint density at radius 2 is 2.47 bits per heavy atom. The predicted molar refractivity (Wildman–Crippen MR) is 50.7 cm³/mol. The zero-order chi connectivity index (χ0) is 11.6. The number of nitro groups is 1. The molecule has 1 N–H and O–H groups in total. The van der Waals surface area contributed by atoms with Crippen LogP contribution in [0.5, 0.6) is 0 Å². The van der Waals surface area contributed by atoms with Crippen molar-refractivity contribution in [3.63, 3.8) is 0 Å². The second-order valence-electron chi connectivity index (χ2n) is 2.88. The molecule has 7 heteroatoms. The van der Waals surface area contributed by atoms with Crippen molar-refractivity contribution in [3.05, 3.63) is 34.7 Å². The zero-order valence-corrected chi connectivity index (χ0v) is 7.95. The molecule has 1 aromatic heterocycles. The maximum atomic E-state index is 10.6. The van der Waals surface area contributed by atoms with E-state index >= 15 is 0 Å². The second-order valence-corrected chi connectivity index (χ2v) is 2.88. The van der Waals surface area contributed by atoms with Crippen LogP contribution in [0.1, 0.15) is 23.5 Å². The summed E-state index contributed by atoms with van der Waals surface area (Å²) in [5, 5.41) is 22.8. The molecule has 1 rings (SSSR count). The van der Waals surface area contributed by atoms with Crippen molar-refractivity contribution >= 4 is 11.7 Å². The van der Waals surface area contributed by atoms with Gasteiger partial charge in [-0.05, 0) is 6.92 Å². The third-order valence-electron chi connectivity index (χ3n) is 1.87. The minimum absolute atomic E-state index is 0.295. The van der Waals surface area contributed by atoms with Gasteiger partial charge in [-0.1, -0.05) is 6.08 Å². The molecule has 1 unspecified atom stereocenters. The molecule has 0 saturated heterocycles. The summed E-state index contributed by atoms with van der Waals surface area (Å²) < 4.78 is 1.19. The molecule has 0 fully saturated rings. The molecule has 0 spiro atoms. The highest BCUT2D eigenvalue weighted by molar-refractivity contribution is 5.89. The number of carboxylic acid groups (broad SMARTS) is 1. The van der Waals surface area contributed by atoms with E-state index in [0.717, 1.165) is 6.20 Å². The van der Waals surface area contributed by atoms with Gasteiger partial charge in [0.05, 0.1) is 11.0 Å². The molecule has 0 aliphatic rings. The molecule has 0 aliphatic heterocycles. The SMILES string of the molecule is C=CC(C)n1cc([N+](=O)[O-])c(C(=O)O)n1. The van der Waals surface area contributed by atoms with E-state index in [-0.39, 0.29) is 6.04 Å². The minimum Gasteiger partial charge on any atom is -0.476 e. The second kappa shape index (κ2) is 3.91. The van der Waals surface area contributed by atoms with Crippen molar-refractivity contribution in [2.45, 2.75) is 13.0 Å². The summed E-state index contributed by atoms with van der Waals surface area (Å²) in [5.41, 5.74) is -1.08. The number of nitrogens with zero attached hydrogens (tertiary/aromatic N) is 3. The first-order valence-electron chi connectivity index (χ1n) is 4.06. The van der Waals surface area contributed by atoms with Crippen LogP contribution in [-0.4, -0.2) is 25.8 Å². The highest BCUT2D eigenvalue weighted by Gasteiger charge is 2.25. The molecule has 7 nitrogen and oxygen atoms in total. The van der Waals surface area contributed by atoms with E-state index in [1.165, 1.54) is 10.8 Å². The summed E-state index contributed by atoms with van der Waals surface area (Å²) >= 11 is 0. The summed E-state index contributed by atoms with van der Waals surface area (Å²) in [7, 11) is 0. The van der Waals surface area contributed by atoms with E-state index in [1.54, 1.807) is 6.92 Å². The summed E-state index contributed by atoms with van der Waals surface area (Å²) in [6.07, 6.45) is 2.58. The average Bonchev–Trinajstić information content (AvgIpc) is 2.61. The number of rotatable bonds is 4. The first kappa shape index (κ1) is 10.9. The normalized spacial score (nSPS) is 12.1. The van der Waals surface area contributed by atoms with Gasteiger partial charge in [-0.15, -0.1) is 6.58 Å². The van der Waals surface area contributed by atoms with E-state index in [2.05, 4.69) is 11.7 Å². The smallest absolute Gasteiger partial charge is 0.363 e. The van der Waals surface area contributed by atoms with Crippen molar-refractivity contribution in [1.29, 1.82) is 0 Å². The van der Waals surface area contributed by atoms with E-state index < -0.39 is 22.3 Å². The average molecular weight is 211 g/mol. The molecule has 80 valence electrons. The van der Waals surface area contributed by atoms with Crippen LogP contribution in [0.25, 0.3) is 0 Å². The van der Waals surface area contributed by atoms with Crippen molar-refractivity contribution < 1.29 is 14.8 Å². The number of carbonyl (C=O) groups is 1. The first-order chi connectivity index (χ1) is 6.97. The van der Waals surface area contributed by atoms with Gasteiger partial charge in [-0.3, -0.25) is 14.8 Å². The van der Waals surface area contributed by atoms with Crippen LogP contribution < -0.4 is 0 Å². The summed E-state index contributed by atoms with van der Waals surface area (Å²) in [5.74, 6) is -1.42. The van der Waals surface area contributed by atoms with Gasteiger partial charge in [0, 0.05) is 0 Å². The largest absolute Gasteiger partial charge is 0.476 e. The van der Waals surface area contributed by atoms with E-state index in [0.29, 0.717) is 0 Å². The fraction of sp³-hybridized carbons (Fsp3) is 0.250. The highest BCUT2D eigenvalue weighted by atomic mass is 16.6. The van der Waals surface area contributed by atoms with Gasteiger partial charge in [-0.25, -0.2) is 4.79 Å². The van der Waals surface area contributed by atoms with Gasteiger partial charge in [0.1, 0.15) is 6.20 Å². The molecule has 1 atom stereocenters. The number of hydrogen-bond donors (Lipinski definition) is 1. The van der Waals surface area contributed by atoms with E-state index in [4.69, 9.17) is 5.11 Å². The Morgan fingerprint density at radius 1 is 1.87 bits per heavy atom. The summed E-state index contributed by atoms with van der Waals surface area (Å²) in [6.45, 7) is 5.18. The minimum atomic E-state index is -1.42. The third kappa shape index (κ3) is 2.01. The van der Waals surface area contributed by atoms with Gasteiger partial charge in [0.2, 0.25) is 5.69 Å². The Kier molecular flexibility index (Phi) is 2.84. The van der Waals surface area contributed by atoms with Gasteiger partial charge in [0.25, 0.3) is 0 Å². The molecule has 0 saturated carbocycles. The van der Waals surface area contributed by atoms with Crippen molar-refractivity contribution in [1.82, 2.24) is 9.78 Å². The van der Waals surface area contributed by atoms with Crippen molar-refractivity contribution in [2.75, 3.05) is 0 Å². The maximum absolute atomic E-state index is 10.6. The van der Waals surface area contributed by atoms with Gasteiger partial charge >= 0.3 is 11.7 Å². The lowest BCUT2D eigenvalue weighted by Crippen LogP contribution is -2.05. The monoisotopic (exact) mass is 211 g/mol. The lowest BCUT2D eigenvalue weighted by atomic mass is 10.3.